The fraction of sp³-hybridized carbons (Fsp3) is 0.857. The van der Waals surface area contributed by atoms with Crippen LogP contribution < -0.4 is 5.32 Å². The third kappa shape index (κ3) is 4.00. The lowest BCUT2D eigenvalue weighted by atomic mass is 9.95. The first-order valence-corrected chi connectivity index (χ1v) is 7.23. The van der Waals surface area contributed by atoms with Crippen LogP contribution in [0.4, 0.5) is 0 Å². The fourth-order valence-electron chi connectivity index (χ4n) is 2.75. The van der Waals surface area contributed by atoms with Gasteiger partial charge >= 0.3 is 0 Å². The molecular formula is C14H24N2O2. The summed E-state index contributed by atoms with van der Waals surface area (Å²) in [5, 5.41) is 3.10. The second-order valence-electron chi connectivity index (χ2n) is 5.60. The first-order valence-electron chi connectivity index (χ1n) is 7.23. The Morgan fingerprint density at radius 3 is 2.33 bits per heavy atom. The van der Waals surface area contributed by atoms with Crippen molar-refractivity contribution in [3.8, 4) is 0 Å². The maximum absolute atomic E-state index is 11.8. The van der Waals surface area contributed by atoms with Gasteiger partial charge in [-0.05, 0) is 25.7 Å². The predicted molar refractivity (Wildman–Crippen MR) is 70.0 cm³/mol. The van der Waals surface area contributed by atoms with Gasteiger partial charge in [0.05, 0.1) is 0 Å². The normalized spacial score (nSPS) is 20.5. The molecule has 4 heteroatoms. The van der Waals surface area contributed by atoms with Crippen molar-refractivity contribution in [3.05, 3.63) is 0 Å². The van der Waals surface area contributed by atoms with E-state index in [-0.39, 0.29) is 11.8 Å². The number of amides is 2. The summed E-state index contributed by atoms with van der Waals surface area (Å²) in [6.45, 7) is 2.18. The first-order chi connectivity index (χ1) is 8.66. The fourth-order valence-corrected chi connectivity index (χ4v) is 2.75. The molecule has 4 nitrogen and oxygen atoms in total. The average molecular weight is 252 g/mol. The molecule has 2 amide bonds. The largest absolute Gasteiger partial charge is 0.353 e. The minimum atomic E-state index is 0.1000. The summed E-state index contributed by atoms with van der Waals surface area (Å²) < 4.78 is 0. The van der Waals surface area contributed by atoms with Crippen LogP contribution in [0.1, 0.15) is 58.3 Å². The van der Waals surface area contributed by atoms with Crippen LogP contribution in [-0.4, -0.2) is 35.3 Å². The number of carbonyl (C=O) groups excluding carboxylic acids is 2. The summed E-state index contributed by atoms with van der Waals surface area (Å²) in [5.74, 6) is 0.205. The van der Waals surface area contributed by atoms with Crippen LogP contribution in [0.5, 0.6) is 0 Å². The van der Waals surface area contributed by atoms with E-state index >= 15 is 0 Å². The Morgan fingerprint density at radius 2 is 1.78 bits per heavy atom. The predicted octanol–water partition coefficient (Wildman–Crippen LogP) is 1.84. The van der Waals surface area contributed by atoms with E-state index in [4.69, 9.17) is 0 Å². The van der Waals surface area contributed by atoms with Gasteiger partial charge in [0, 0.05) is 32.0 Å². The lowest BCUT2D eigenvalue weighted by Gasteiger charge is -2.24. The number of nitrogens with one attached hydrogen (secondary N) is 1. The summed E-state index contributed by atoms with van der Waals surface area (Å²) in [5.41, 5.74) is 0. The molecule has 0 atom stereocenters. The number of hydrogen-bond acceptors (Lipinski definition) is 2. The lowest BCUT2D eigenvalue weighted by Crippen LogP contribution is -2.39. The average Bonchev–Trinajstić information content (AvgIpc) is 3.14. The monoisotopic (exact) mass is 252 g/mol. The molecular weight excluding hydrogens is 228 g/mol. The molecule has 2 rings (SSSR count). The Labute approximate surface area is 109 Å². The van der Waals surface area contributed by atoms with Crippen molar-refractivity contribution in [2.45, 2.75) is 70.4 Å². The van der Waals surface area contributed by atoms with Crippen LogP contribution in [0, 0.1) is 0 Å². The summed E-state index contributed by atoms with van der Waals surface area (Å²) in [6, 6.07) is 0.780. The van der Waals surface area contributed by atoms with Gasteiger partial charge in [-0.1, -0.05) is 19.3 Å². The number of carbonyl (C=O) groups is 2. The standard InChI is InChI=1S/C14H24N2O2/c1-11(17)16(13-7-8-13)10-9-14(18)15-12-5-3-2-4-6-12/h12-13H,2-10H2,1H3,(H,15,18). The maximum atomic E-state index is 11.8. The van der Waals surface area contributed by atoms with Crippen molar-refractivity contribution in [1.29, 1.82) is 0 Å². The Bertz CT molecular complexity index is 307. The molecule has 0 aromatic carbocycles. The van der Waals surface area contributed by atoms with E-state index in [1.165, 1.54) is 19.3 Å². The molecule has 0 radical (unpaired) electrons. The van der Waals surface area contributed by atoms with Gasteiger partial charge in [-0.3, -0.25) is 9.59 Å². The van der Waals surface area contributed by atoms with Crippen LogP contribution in [-0.2, 0) is 9.59 Å². The van der Waals surface area contributed by atoms with E-state index in [0.717, 1.165) is 25.7 Å². The highest BCUT2D eigenvalue weighted by molar-refractivity contribution is 5.78. The first kappa shape index (κ1) is 13.4. The highest BCUT2D eigenvalue weighted by Gasteiger charge is 2.30. The minimum absolute atomic E-state index is 0.1000. The Kier molecular flexibility index (Phi) is 4.61. The number of hydrogen-bond donors (Lipinski definition) is 1. The van der Waals surface area contributed by atoms with Gasteiger partial charge in [0.1, 0.15) is 0 Å². The van der Waals surface area contributed by atoms with Gasteiger partial charge in [-0.25, -0.2) is 0 Å². The molecule has 0 heterocycles. The van der Waals surface area contributed by atoms with E-state index in [1.807, 2.05) is 4.90 Å². The number of nitrogens with zero attached hydrogens (tertiary/aromatic N) is 1. The SMILES string of the molecule is CC(=O)N(CCC(=O)NC1CCCCC1)C1CC1. The van der Waals surface area contributed by atoms with Crippen molar-refractivity contribution in [3.63, 3.8) is 0 Å². The van der Waals surface area contributed by atoms with Crippen molar-refractivity contribution in [2.24, 2.45) is 0 Å². The lowest BCUT2D eigenvalue weighted by molar-refractivity contribution is -0.130. The van der Waals surface area contributed by atoms with E-state index < -0.39 is 0 Å². The molecule has 102 valence electrons. The molecule has 0 spiro atoms. The molecule has 0 aromatic heterocycles. The van der Waals surface area contributed by atoms with Crippen LogP contribution in [0.2, 0.25) is 0 Å². The van der Waals surface area contributed by atoms with Gasteiger partial charge in [0.2, 0.25) is 11.8 Å². The molecule has 0 aromatic rings. The zero-order chi connectivity index (χ0) is 13.0. The number of rotatable bonds is 5. The van der Waals surface area contributed by atoms with Gasteiger partial charge in [0.15, 0.2) is 0 Å². The van der Waals surface area contributed by atoms with E-state index in [2.05, 4.69) is 5.32 Å². The van der Waals surface area contributed by atoms with Crippen molar-refractivity contribution >= 4 is 11.8 Å². The van der Waals surface area contributed by atoms with Crippen molar-refractivity contribution < 1.29 is 9.59 Å². The van der Waals surface area contributed by atoms with Gasteiger partial charge in [-0.2, -0.15) is 0 Å². The molecule has 0 aliphatic heterocycles. The molecule has 18 heavy (non-hydrogen) atoms. The molecule has 2 aliphatic carbocycles. The molecule has 2 fully saturated rings. The summed E-state index contributed by atoms with van der Waals surface area (Å²) >= 11 is 0. The summed E-state index contributed by atoms with van der Waals surface area (Å²) in [4.78, 5) is 25.1. The Morgan fingerprint density at radius 1 is 1.11 bits per heavy atom. The third-order valence-electron chi connectivity index (χ3n) is 3.94. The van der Waals surface area contributed by atoms with Crippen molar-refractivity contribution in [1.82, 2.24) is 10.2 Å². The smallest absolute Gasteiger partial charge is 0.221 e. The summed E-state index contributed by atoms with van der Waals surface area (Å²) in [7, 11) is 0. The Balaban J connectivity index is 1.68. The van der Waals surface area contributed by atoms with Gasteiger partial charge in [-0.15, -0.1) is 0 Å². The zero-order valence-corrected chi connectivity index (χ0v) is 11.3. The topological polar surface area (TPSA) is 49.4 Å². The summed E-state index contributed by atoms with van der Waals surface area (Å²) in [6.07, 6.45) is 8.64. The molecule has 0 saturated heterocycles. The van der Waals surface area contributed by atoms with Gasteiger partial charge in [0.25, 0.3) is 0 Å². The highest BCUT2D eigenvalue weighted by Crippen LogP contribution is 2.26. The van der Waals surface area contributed by atoms with Crippen LogP contribution >= 0.6 is 0 Å². The highest BCUT2D eigenvalue weighted by atomic mass is 16.2. The second-order valence-corrected chi connectivity index (χ2v) is 5.60. The van der Waals surface area contributed by atoms with Crippen molar-refractivity contribution in [2.75, 3.05) is 6.54 Å². The third-order valence-corrected chi connectivity index (χ3v) is 3.94. The molecule has 2 saturated carbocycles. The molecule has 1 N–H and O–H groups in total. The quantitative estimate of drug-likeness (QED) is 0.811. The van der Waals surface area contributed by atoms with E-state index in [0.29, 0.717) is 25.0 Å². The van der Waals surface area contributed by atoms with Crippen LogP contribution in [0.15, 0.2) is 0 Å². The minimum Gasteiger partial charge on any atom is -0.353 e. The van der Waals surface area contributed by atoms with Crippen LogP contribution in [0.25, 0.3) is 0 Å². The van der Waals surface area contributed by atoms with Gasteiger partial charge < -0.3 is 10.2 Å². The second kappa shape index (κ2) is 6.21. The van der Waals surface area contributed by atoms with E-state index in [9.17, 15) is 9.59 Å². The van der Waals surface area contributed by atoms with Crippen LogP contribution in [0.3, 0.4) is 0 Å². The zero-order valence-electron chi connectivity index (χ0n) is 11.3. The molecule has 2 aliphatic rings. The Hall–Kier alpha value is -1.06. The molecule has 0 bridgehead atoms. The maximum Gasteiger partial charge on any atom is 0.221 e. The van der Waals surface area contributed by atoms with E-state index in [1.54, 1.807) is 6.92 Å². The molecule has 0 unspecified atom stereocenters.